The molecule has 1 aromatic heterocycles. The lowest BCUT2D eigenvalue weighted by atomic mass is 9.99. The fourth-order valence-electron chi connectivity index (χ4n) is 4.35. The standard InChI is InChI=1S/C24H28N4O2/c1-4-22(29)26-20-9-10-21(13-20)28(3)24(30)17-7-5-16(6-8-17)18-11-15(2)23-19(12-18)14-25-27-23/h5-8,11-12,14,20-21H,4,9-10,13H2,1-3H3,(H,25,27)(H,26,29). The van der Waals surface area contributed by atoms with Crippen molar-refractivity contribution in [2.75, 3.05) is 7.05 Å². The summed E-state index contributed by atoms with van der Waals surface area (Å²) in [7, 11) is 1.86. The molecule has 0 saturated heterocycles. The molecule has 2 atom stereocenters. The van der Waals surface area contributed by atoms with E-state index in [2.05, 4.69) is 34.6 Å². The molecule has 0 aliphatic heterocycles. The molecule has 2 aromatic carbocycles. The van der Waals surface area contributed by atoms with Gasteiger partial charge in [-0.15, -0.1) is 0 Å². The minimum absolute atomic E-state index is 0.0236. The molecule has 0 spiro atoms. The van der Waals surface area contributed by atoms with Crippen LogP contribution in [0.4, 0.5) is 0 Å². The fourth-order valence-corrected chi connectivity index (χ4v) is 4.35. The number of nitrogens with zero attached hydrogens (tertiary/aromatic N) is 2. The highest BCUT2D eigenvalue weighted by atomic mass is 16.2. The third-order valence-electron chi connectivity index (χ3n) is 6.17. The number of rotatable bonds is 5. The Balaban J connectivity index is 1.45. The van der Waals surface area contributed by atoms with E-state index in [1.807, 2.05) is 49.3 Å². The predicted molar refractivity (Wildman–Crippen MR) is 118 cm³/mol. The first-order valence-corrected chi connectivity index (χ1v) is 10.6. The van der Waals surface area contributed by atoms with E-state index in [-0.39, 0.29) is 23.9 Å². The number of aromatic nitrogens is 2. The van der Waals surface area contributed by atoms with E-state index in [1.165, 1.54) is 0 Å². The highest BCUT2D eigenvalue weighted by Gasteiger charge is 2.30. The molecule has 1 heterocycles. The summed E-state index contributed by atoms with van der Waals surface area (Å²) in [6, 6.07) is 12.4. The van der Waals surface area contributed by atoms with Gasteiger partial charge in [-0.2, -0.15) is 5.10 Å². The summed E-state index contributed by atoms with van der Waals surface area (Å²) < 4.78 is 0. The number of benzene rings is 2. The Hall–Kier alpha value is -3.15. The maximum atomic E-state index is 13.0. The number of amides is 2. The van der Waals surface area contributed by atoms with E-state index >= 15 is 0 Å². The number of nitrogens with one attached hydrogen (secondary N) is 2. The molecule has 1 saturated carbocycles. The van der Waals surface area contributed by atoms with Crippen LogP contribution in [-0.2, 0) is 4.79 Å². The predicted octanol–water partition coefficient (Wildman–Crippen LogP) is 4.06. The van der Waals surface area contributed by atoms with Crippen LogP contribution in [0.15, 0.2) is 42.6 Å². The van der Waals surface area contributed by atoms with Crippen LogP contribution in [0.25, 0.3) is 22.0 Å². The SMILES string of the molecule is CCC(=O)NC1CCC(N(C)C(=O)c2ccc(-c3cc(C)c4[nH]ncc4c3)cc2)C1. The fraction of sp³-hybridized carbons (Fsp3) is 0.375. The van der Waals surface area contributed by atoms with Crippen LogP contribution in [0.1, 0.15) is 48.5 Å². The molecule has 0 radical (unpaired) electrons. The maximum absolute atomic E-state index is 13.0. The van der Waals surface area contributed by atoms with Gasteiger partial charge in [0.1, 0.15) is 0 Å². The minimum atomic E-state index is 0.0236. The van der Waals surface area contributed by atoms with Crippen LogP contribution < -0.4 is 5.32 Å². The largest absolute Gasteiger partial charge is 0.353 e. The van der Waals surface area contributed by atoms with Gasteiger partial charge in [-0.25, -0.2) is 0 Å². The quantitative estimate of drug-likeness (QED) is 0.673. The number of H-pyrrole nitrogens is 1. The van der Waals surface area contributed by atoms with E-state index < -0.39 is 0 Å². The Morgan fingerprint density at radius 1 is 1.17 bits per heavy atom. The molecule has 2 amide bonds. The second-order valence-electron chi connectivity index (χ2n) is 8.21. The third-order valence-corrected chi connectivity index (χ3v) is 6.17. The van der Waals surface area contributed by atoms with Gasteiger partial charge in [-0.3, -0.25) is 14.7 Å². The molecular weight excluding hydrogens is 376 g/mol. The summed E-state index contributed by atoms with van der Waals surface area (Å²) in [4.78, 5) is 26.4. The molecule has 4 rings (SSSR count). The Labute approximate surface area is 176 Å². The van der Waals surface area contributed by atoms with Crippen molar-refractivity contribution in [2.45, 2.75) is 51.6 Å². The van der Waals surface area contributed by atoms with Gasteiger partial charge in [-0.05, 0) is 67.1 Å². The van der Waals surface area contributed by atoms with Crippen LogP contribution in [0, 0.1) is 6.92 Å². The molecule has 6 heteroatoms. The Bertz CT molecular complexity index is 1070. The maximum Gasteiger partial charge on any atom is 0.253 e. The molecule has 0 bridgehead atoms. The Kier molecular flexibility index (Phi) is 5.57. The van der Waals surface area contributed by atoms with Gasteiger partial charge in [0.15, 0.2) is 0 Å². The van der Waals surface area contributed by atoms with Crippen molar-refractivity contribution in [1.82, 2.24) is 20.4 Å². The smallest absolute Gasteiger partial charge is 0.253 e. The average Bonchev–Trinajstić information content (AvgIpc) is 3.42. The van der Waals surface area contributed by atoms with Gasteiger partial charge in [0.05, 0.1) is 11.7 Å². The number of carbonyl (C=O) groups excluding carboxylic acids is 2. The molecule has 2 N–H and O–H groups in total. The summed E-state index contributed by atoms with van der Waals surface area (Å²) in [5, 5.41) is 11.3. The summed E-state index contributed by atoms with van der Waals surface area (Å²) in [6.07, 6.45) is 4.98. The Morgan fingerprint density at radius 2 is 1.93 bits per heavy atom. The number of aryl methyl sites for hydroxylation is 1. The number of carbonyl (C=O) groups is 2. The van der Waals surface area contributed by atoms with Crippen LogP contribution >= 0.6 is 0 Å². The van der Waals surface area contributed by atoms with Gasteiger partial charge < -0.3 is 10.2 Å². The average molecular weight is 405 g/mol. The van der Waals surface area contributed by atoms with Crippen molar-refractivity contribution in [3.63, 3.8) is 0 Å². The van der Waals surface area contributed by atoms with Gasteiger partial charge >= 0.3 is 0 Å². The lowest BCUT2D eigenvalue weighted by Crippen LogP contribution is -2.38. The summed E-state index contributed by atoms with van der Waals surface area (Å²) in [5.74, 6) is 0.101. The highest BCUT2D eigenvalue weighted by molar-refractivity contribution is 5.95. The molecule has 1 aliphatic rings. The number of hydrogen-bond acceptors (Lipinski definition) is 3. The molecule has 1 fully saturated rings. The van der Waals surface area contributed by atoms with Gasteiger partial charge in [0.25, 0.3) is 5.91 Å². The van der Waals surface area contributed by atoms with Gasteiger partial charge in [0.2, 0.25) is 5.91 Å². The minimum Gasteiger partial charge on any atom is -0.353 e. The van der Waals surface area contributed by atoms with Crippen molar-refractivity contribution in [3.8, 4) is 11.1 Å². The molecule has 3 aromatic rings. The molecular formula is C24H28N4O2. The number of aromatic amines is 1. The normalized spacial score (nSPS) is 18.5. The van der Waals surface area contributed by atoms with E-state index in [9.17, 15) is 9.59 Å². The molecule has 1 aliphatic carbocycles. The Morgan fingerprint density at radius 3 is 2.67 bits per heavy atom. The second-order valence-corrected chi connectivity index (χ2v) is 8.21. The second kappa shape index (κ2) is 8.30. The number of fused-ring (bicyclic) bond motifs is 1. The summed E-state index contributed by atoms with van der Waals surface area (Å²) in [5.41, 5.74) is 5.06. The topological polar surface area (TPSA) is 78.1 Å². The molecule has 156 valence electrons. The molecule has 2 unspecified atom stereocenters. The van der Waals surface area contributed by atoms with Crippen LogP contribution in [0.3, 0.4) is 0 Å². The van der Waals surface area contributed by atoms with Crippen molar-refractivity contribution < 1.29 is 9.59 Å². The molecule has 30 heavy (non-hydrogen) atoms. The zero-order chi connectivity index (χ0) is 21.3. The first-order chi connectivity index (χ1) is 14.5. The first kappa shape index (κ1) is 20.1. The van der Waals surface area contributed by atoms with Crippen LogP contribution in [0.2, 0.25) is 0 Å². The van der Waals surface area contributed by atoms with E-state index in [0.717, 1.165) is 46.9 Å². The first-order valence-electron chi connectivity index (χ1n) is 10.6. The van der Waals surface area contributed by atoms with Crippen LogP contribution in [-0.4, -0.2) is 46.0 Å². The molecule has 6 nitrogen and oxygen atoms in total. The monoisotopic (exact) mass is 404 g/mol. The van der Waals surface area contributed by atoms with Crippen LogP contribution in [0.5, 0.6) is 0 Å². The third kappa shape index (κ3) is 3.95. The van der Waals surface area contributed by atoms with E-state index in [0.29, 0.717) is 12.0 Å². The van der Waals surface area contributed by atoms with Crippen molar-refractivity contribution in [1.29, 1.82) is 0 Å². The van der Waals surface area contributed by atoms with Gasteiger partial charge in [0, 0.05) is 36.5 Å². The van der Waals surface area contributed by atoms with Crippen molar-refractivity contribution in [2.24, 2.45) is 0 Å². The lowest BCUT2D eigenvalue weighted by molar-refractivity contribution is -0.121. The number of hydrogen-bond donors (Lipinski definition) is 2. The van der Waals surface area contributed by atoms with Crippen molar-refractivity contribution in [3.05, 3.63) is 53.7 Å². The van der Waals surface area contributed by atoms with E-state index in [4.69, 9.17) is 0 Å². The zero-order valence-corrected chi connectivity index (χ0v) is 17.7. The van der Waals surface area contributed by atoms with Gasteiger partial charge in [-0.1, -0.05) is 19.1 Å². The highest BCUT2D eigenvalue weighted by Crippen LogP contribution is 2.28. The lowest BCUT2D eigenvalue weighted by Gasteiger charge is -2.25. The summed E-state index contributed by atoms with van der Waals surface area (Å²) >= 11 is 0. The van der Waals surface area contributed by atoms with E-state index in [1.54, 1.807) is 0 Å². The van der Waals surface area contributed by atoms with Crippen molar-refractivity contribution >= 4 is 22.7 Å². The zero-order valence-electron chi connectivity index (χ0n) is 17.7. The summed E-state index contributed by atoms with van der Waals surface area (Å²) in [6.45, 7) is 3.92.